The van der Waals surface area contributed by atoms with Gasteiger partial charge in [-0.3, -0.25) is 0 Å². The molecule has 6 heavy (non-hydrogen) atoms. The van der Waals surface area contributed by atoms with Gasteiger partial charge >= 0.3 is 10.6 Å². The smallest absolute Gasteiger partial charge is 0.160 e. The molecule has 0 aromatic rings. The van der Waals surface area contributed by atoms with E-state index in [2.05, 4.69) is 0 Å². The van der Waals surface area contributed by atoms with Crippen molar-refractivity contribution < 1.29 is 16.2 Å². The summed E-state index contributed by atoms with van der Waals surface area (Å²) in [5.41, 5.74) is 0. The molecule has 0 amide bonds. The summed E-state index contributed by atoms with van der Waals surface area (Å²) >= 11 is 0. The fourth-order valence-electron chi connectivity index (χ4n) is 0. The van der Waals surface area contributed by atoms with E-state index in [0.29, 0.717) is 0 Å². The molecule has 0 aromatic heterocycles. The van der Waals surface area contributed by atoms with Crippen LogP contribution in [0.4, 0.5) is 7.77 Å². The molecule has 0 heterocycles. The van der Waals surface area contributed by atoms with E-state index >= 15 is 0 Å². The van der Waals surface area contributed by atoms with Gasteiger partial charge in [0.25, 0.3) is 0 Å². The van der Waals surface area contributed by atoms with E-state index in [-0.39, 0.29) is 8.41 Å². The quantitative estimate of drug-likeness (QED) is 0.300. The largest absolute Gasteiger partial charge is 0.476 e. The van der Waals surface area contributed by atoms with E-state index in [9.17, 15) is 7.77 Å². The summed E-state index contributed by atoms with van der Waals surface area (Å²) in [6.07, 6.45) is 0. The summed E-state index contributed by atoms with van der Waals surface area (Å²) in [6.45, 7) is 0. The Labute approximate surface area is 36.2 Å². The highest BCUT2D eigenvalue weighted by Crippen LogP contribution is 1.85. The van der Waals surface area contributed by atoms with Crippen LogP contribution in [0.5, 0.6) is 0 Å². The second-order valence-electron chi connectivity index (χ2n) is 0.378. The van der Waals surface area contributed by atoms with Crippen LogP contribution in [0.15, 0.2) is 0 Å². The van der Waals surface area contributed by atoms with Crippen molar-refractivity contribution in [3.05, 3.63) is 0 Å². The van der Waals surface area contributed by atoms with Crippen LogP contribution in [-0.2, 0) is 10.6 Å². The van der Waals surface area contributed by atoms with Gasteiger partial charge in [-0.05, 0) is 0 Å². The Morgan fingerprint density at radius 1 is 1.17 bits per heavy atom. The Morgan fingerprint density at radius 3 is 1.17 bits per heavy atom. The van der Waals surface area contributed by atoms with Crippen molar-refractivity contribution in [3.8, 4) is 0 Å². The summed E-state index contributed by atoms with van der Waals surface area (Å²) in [4.78, 5) is 0. The number of hydrogen-bond donors (Lipinski definition) is 0. The van der Waals surface area contributed by atoms with E-state index in [1.807, 2.05) is 0 Å². The fourth-order valence-corrected chi connectivity index (χ4v) is 0. The lowest BCUT2D eigenvalue weighted by atomic mass is 10.8. The SMILES string of the molecule is B.O=S(=O)(F)F. The minimum atomic E-state index is -5.67. The molecule has 6 heteroatoms. The van der Waals surface area contributed by atoms with Crippen molar-refractivity contribution in [3.63, 3.8) is 0 Å². The van der Waals surface area contributed by atoms with Gasteiger partial charge in [0.05, 0.1) is 8.41 Å². The predicted molar refractivity (Wildman–Crippen MR) is 21.1 cm³/mol. The zero-order valence-corrected chi connectivity index (χ0v) is 2.80. The molecule has 0 radical (unpaired) electrons. The van der Waals surface area contributed by atoms with Crippen LogP contribution >= 0.6 is 0 Å². The summed E-state index contributed by atoms with van der Waals surface area (Å²) in [5, 5.41) is 0. The molecule has 0 atom stereocenters. The molecular weight excluding hydrogens is 113 g/mol. The average molecular weight is 116 g/mol. The highest BCUT2D eigenvalue weighted by atomic mass is 32.3. The maximum atomic E-state index is 9.99. The minimum absolute atomic E-state index is 0. The van der Waals surface area contributed by atoms with E-state index in [1.165, 1.54) is 0 Å². The maximum absolute atomic E-state index is 9.99. The van der Waals surface area contributed by atoms with Crippen LogP contribution in [0, 0.1) is 0 Å². The first kappa shape index (κ1) is 9.30. The molecule has 0 N–H and O–H groups in total. The zero-order valence-electron chi connectivity index (χ0n) is 1.98. The molecule has 0 saturated heterocycles. The highest BCUT2D eigenvalue weighted by molar-refractivity contribution is 7.81. The van der Waals surface area contributed by atoms with Crippen molar-refractivity contribution in [1.29, 1.82) is 0 Å². The summed E-state index contributed by atoms with van der Waals surface area (Å²) in [6, 6.07) is 0. The van der Waals surface area contributed by atoms with Crippen LogP contribution in [0.2, 0.25) is 0 Å². The monoisotopic (exact) mass is 116 g/mol. The molecule has 0 saturated carbocycles. The van der Waals surface area contributed by atoms with E-state index < -0.39 is 10.6 Å². The van der Waals surface area contributed by atoms with E-state index in [4.69, 9.17) is 8.42 Å². The van der Waals surface area contributed by atoms with Gasteiger partial charge in [-0.15, -0.1) is 0 Å². The highest BCUT2D eigenvalue weighted by Gasteiger charge is 1.94. The van der Waals surface area contributed by atoms with Crippen molar-refractivity contribution in [2.75, 3.05) is 0 Å². The molecule has 0 aliphatic rings. The molecule has 0 aliphatic heterocycles. The van der Waals surface area contributed by atoms with Gasteiger partial charge in [0.1, 0.15) is 0 Å². The Balaban J connectivity index is 0. The lowest BCUT2D eigenvalue weighted by Crippen LogP contribution is -1.69. The van der Waals surface area contributed by atoms with Crippen LogP contribution in [0.3, 0.4) is 0 Å². The normalized spacial score (nSPS) is 9.67. The van der Waals surface area contributed by atoms with Crippen LogP contribution in [0.25, 0.3) is 0 Å². The first-order valence-electron chi connectivity index (χ1n) is 0.642. The maximum Gasteiger partial charge on any atom is 0.476 e. The molecule has 0 bridgehead atoms. The van der Waals surface area contributed by atoms with Gasteiger partial charge in [0.2, 0.25) is 0 Å². The fraction of sp³-hybridized carbons (Fsp3) is 0. The van der Waals surface area contributed by atoms with Crippen LogP contribution in [-0.4, -0.2) is 16.8 Å². The van der Waals surface area contributed by atoms with E-state index in [0.717, 1.165) is 0 Å². The Hall–Kier alpha value is -0.125. The van der Waals surface area contributed by atoms with Gasteiger partial charge in [-0.25, -0.2) is 0 Å². The second-order valence-corrected chi connectivity index (χ2v) is 1.14. The summed E-state index contributed by atoms with van der Waals surface area (Å²) in [7, 11) is -5.67. The lowest BCUT2D eigenvalue weighted by Gasteiger charge is -1.57. The van der Waals surface area contributed by atoms with Crippen molar-refractivity contribution in [2.24, 2.45) is 0 Å². The Morgan fingerprint density at radius 2 is 1.17 bits per heavy atom. The van der Waals surface area contributed by atoms with Gasteiger partial charge in [-0.1, -0.05) is 7.77 Å². The third-order valence-corrected chi connectivity index (χ3v) is 0. The first-order chi connectivity index (χ1) is 2.00. The molecule has 0 fully saturated rings. The van der Waals surface area contributed by atoms with Crippen molar-refractivity contribution >= 4 is 19.0 Å². The third kappa shape index (κ3) is 2050. The van der Waals surface area contributed by atoms with Crippen molar-refractivity contribution in [1.82, 2.24) is 0 Å². The number of halogens is 2. The standard InChI is InChI=1S/BH3.F2O2S/c;1-5(2,3)4/h1H3;. The Bertz CT molecular complexity index is 94.7. The third-order valence-electron chi connectivity index (χ3n) is 0. The molecule has 0 aliphatic carbocycles. The van der Waals surface area contributed by atoms with E-state index in [1.54, 1.807) is 0 Å². The minimum Gasteiger partial charge on any atom is -0.160 e. The van der Waals surface area contributed by atoms with Crippen LogP contribution < -0.4 is 0 Å². The second kappa shape index (κ2) is 2.12. The molecular formula is H3BF2O2S. The average Bonchev–Trinajstić information content (AvgIpc) is 0.722. The summed E-state index contributed by atoms with van der Waals surface area (Å²) < 4.78 is 36.6. The van der Waals surface area contributed by atoms with Gasteiger partial charge in [-0.2, -0.15) is 8.42 Å². The molecule has 38 valence electrons. The molecule has 0 unspecified atom stereocenters. The Kier molecular flexibility index (Phi) is 3.29. The zero-order chi connectivity index (χ0) is 4.50. The number of hydrogen-bond acceptors (Lipinski definition) is 2. The van der Waals surface area contributed by atoms with Crippen molar-refractivity contribution in [2.45, 2.75) is 0 Å². The summed E-state index contributed by atoms with van der Waals surface area (Å²) in [5.74, 6) is 0. The van der Waals surface area contributed by atoms with Gasteiger partial charge < -0.3 is 0 Å². The molecule has 2 nitrogen and oxygen atoms in total. The molecule has 0 spiro atoms. The van der Waals surface area contributed by atoms with Gasteiger partial charge in [0, 0.05) is 0 Å². The first-order valence-corrected chi connectivity index (χ1v) is 1.93. The molecule has 0 rings (SSSR count). The van der Waals surface area contributed by atoms with Crippen LogP contribution in [0.1, 0.15) is 0 Å². The molecule has 0 aromatic carbocycles. The topological polar surface area (TPSA) is 34.1 Å². The predicted octanol–water partition coefficient (Wildman–Crippen LogP) is -1.01. The lowest BCUT2D eigenvalue weighted by molar-refractivity contribution is 0.501. The van der Waals surface area contributed by atoms with Gasteiger partial charge in [0.15, 0.2) is 0 Å². The number of rotatable bonds is 0.